The van der Waals surface area contributed by atoms with Crippen molar-refractivity contribution in [1.29, 1.82) is 0 Å². The van der Waals surface area contributed by atoms with Crippen molar-refractivity contribution in [3.05, 3.63) is 0 Å². The predicted octanol–water partition coefficient (Wildman–Crippen LogP) is 2.07. The maximum absolute atomic E-state index is 12.1. The van der Waals surface area contributed by atoms with Crippen LogP contribution in [0.3, 0.4) is 0 Å². The smallest absolute Gasteiger partial charge is 0.226 e. The molecule has 0 aromatic heterocycles. The van der Waals surface area contributed by atoms with Crippen molar-refractivity contribution in [2.75, 3.05) is 19.6 Å². The number of hydrogen-bond acceptors (Lipinski definition) is 2. The molecule has 16 heavy (non-hydrogen) atoms. The van der Waals surface area contributed by atoms with E-state index in [2.05, 4.69) is 24.5 Å². The van der Waals surface area contributed by atoms with Crippen LogP contribution in [0.25, 0.3) is 0 Å². The van der Waals surface area contributed by atoms with Gasteiger partial charge in [-0.2, -0.15) is 0 Å². The Bertz CT molecular complexity index is 210. The molecule has 2 N–H and O–H groups in total. The van der Waals surface area contributed by atoms with Gasteiger partial charge < -0.3 is 10.6 Å². The molecule has 1 rings (SSSR count). The highest BCUT2D eigenvalue weighted by atomic mass is 16.2. The maximum Gasteiger partial charge on any atom is 0.226 e. The minimum atomic E-state index is -0.0369. The van der Waals surface area contributed by atoms with Gasteiger partial charge in [-0.1, -0.05) is 26.7 Å². The van der Waals surface area contributed by atoms with E-state index in [-0.39, 0.29) is 11.3 Å². The largest absolute Gasteiger partial charge is 0.354 e. The molecule has 0 saturated heterocycles. The first-order valence-electron chi connectivity index (χ1n) is 6.74. The van der Waals surface area contributed by atoms with Crippen molar-refractivity contribution in [3.8, 4) is 0 Å². The molecule has 1 amide bonds. The van der Waals surface area contributed by atoms with Gasteiger partial charge in [0.2, 0.25) is 5.91 Å². The van der Waals surface area contributed by atoms with Crippen LogP contribution in [0.4, 0.5) is 0 Å². The van der Waals surface area contributed by atoms with E-state index >= 15 is 0 Å². The van der Waals surface area contributed by atoms with Gasteiger partial charge in [0, 0.05) is 18.5 Å². The monoisotopic (exact) mass is 226 g/mol. The van der Waals surface area contributed by atoms with Crippen LogP contribution >= 0.6 is 0 Å². The van der Waals surface area contributed by atoms with E-state index in [4.69, 9.17) is 0 Å². The van der Waals surface area contributed by atoms with Crippen molar-refractivity contribution >= 4 is 5.91 Å². The summed E-state index contributed by atoms with van der Waals surface area (Å²) in [4.78, 5) is 12.1. The van der Waals surface area contributed by atoms with E-state index < -0.39 is 0 Å². The van der Waals surface area contributed by atoms with Crippen LogP contribution in [0.1, 0.15) is 52.4 Å². The van der Waals surface area contributed by atoms with E-state index in [1.165, 1.54) is 12.8 Å². The zero-order valence-electron chi connectivity index (χ0n) is 10.8. The van der Waals surface area contributed by atoms with Gasteiger partial charge in [-0.25, -0.2) is 0 Å². The molecule has 3 nitrogen and oxygen atoms in total. The van der Waals surface area contributed by atoms with Crippen molar-refractivity contribution in [3.63, 3.8) is 0 Å². The second-order valence-electron chi connectivity index (χ2n) is 4.85. The number of carbonyl (C=O) groups is 1. The summed E-state index contributed by atoms with van der Waals surface area (Å²) in [5, 5.41) is 6.37. The van der Waals surface area contributed by atoms with Crippen LogP contribution in [0.15, 0.2) is 0 Å². The first kappa shape index (κ1) is 13.5. The van der Waals surface area contributed by atoms with E-state index in [0.717, 1.165) is 45.3 Å². The molecule has 3 heteroatoms. The summed E-state index contributed by atoms with van der Waals surface area (Å²) >= 11 is 0. The summed E-state index contributed by atoms with van der Waals surface area (Å²) in [6.07, 6.45) is 6.73. The normalized spacial score (nSPS) is 18.6. The number of carbonyl (C=O) groups excluding carboxylic acids is 1. The van der Waals surface area contributed by atoms with E-state index in [0.29, 0.717) is 0 Å². The van der Waals surface area contributed by atoms with Gasteiger partial charge in [0.1, 0.15) is 0 Å². The van der Waals surface area contributed by atoms with Crippen LogP contribution in [-0.4, -0.2) is 25.5 Å². The summed E-state index contributed by atoms with van der Waals surface area (Å²) in [5.74, 6) is 0.283. The molecule has 0 unspecified atom stereocenters. The molecule has 0 heterocycles. The fourth-order valence-corrected chi connectivity index (χ4v) is 2.55. The average molecular weight is 226 g/mol. The lowest BCUT2D eigenvalue weighted by atomic mass is 9.82. The van der Waals surface area contributed by atoms with E-state index in [9.17, 15) is 4.79 Å². The number of nitrogens with one attached hydrogen (secondary N) is 2. The Morgan fingerprint density at radius 3 is 2.38 bits per heavy atom. The Morgan fingerprint density at radius 1 is 1.12 bits per heavy atom. The standard InChI is InChI=1S/C13H26N2O/c1-3-9-14-10-11-15-12(16)13(4-2)7-5-6-8-13/h14H,3-11H2,1-2H3,(H,15,16). The molecule has 0 aromatic carbocycles. The topological polar surface area (TPSA) is 41.1 Å². The third-order valence-electron chi connectivity index (χ3n) is 3.73. The summed E-state index contributed by atoms with van der Waals surface area (Å²) in [7, 11) is 0. The summed E-state index contributed by atoms with van der Waals surface area (Å²) < 4.78 is 0. The van der Waals surface area contributed by atoms with Crippen molar-refractivity contribution in [2.45, 2.75) is 52.4 Å². The summed E-state index contributed by atoms with van der Waals surface area (Å²) in [5.41, 5.74) is -0.0369. The van der Waals surface area contributed by atoms with Gasteiger partial charge >= 0.3 is 0 Å². The fourth-order valence-electron chi connectivity index (χ4n) is 2.55. The molecule has 94 valence electrons. The average Bonchev–Trinajstić information content (AvgIpc) is 2.78. The number of hydrogen-bond donors (Lipinski definition) is 2. The lowest BCUT2D eigenvalue weighted by Gasteiger charge is -2.26. The van der Waals surface area contributed by atoms with Gasteiger partial charge in [-0.05, 0) is 32.2 Å². The Morgan fingerprint density at radius 2 is 1.81 bits per heavy atom. The maximum atomic E-state index is 12.1. The zero-order chi connectivity index (χ0) is 11.9. The lowest BCUT2D eigenvalue weighted by molar-refractivity contribution is -0.130. The van der Waals surface area contributed by atoms with Gasteiger partial charge in [0.25, 0.3) is 0 Å². The Hall–Kier alpha value is -0.570. The molecule has 1 aliphatic carbocycles. The number of rotatable bonds is 7. The highest BCUT2D eigenvalue weighted by molar-refractivity contribution is 5.82. The molecular formula is C13H26N2O. The third-order valence-corrected chi connectivity index (χ3v) is 3.73. The Balaban J connectivity index is 2.22. The zero-order valence-corrected chi connectivity index (χ0v) is 10.8. The Labute approximate surface area is 99.4 Å². The van der Waals surface area contributed by atoms with Crippen LogP contribution < -0.4 is 10.6 Å². The minimum Gasteiger partial charge on any atom is -0.354 e. The molecular weight excluding hydrogens is 200 g/mol. The first-order chi connectivity index (χ1) is 7.75. The van der Waals surface area contributed by atoms with Gasteiger partial charge in [0.05, 0.1) is 0 Å². The number of amides is 1. The van der Waals surface area contributed by atoms with Crippen LogP contribution in [0, 0.1) is 5.41 Å². The van der Waals surface area contributed by atoms with E-state index in [1.807, 2.05) is 0 Å². The van der Waals surface area contributed by atoms with Crippen LogP contribution in [-0.2, 0) is 4.79 Å². The molecule has 1 saturated carbocycles. The van der Waals surface area contributed by atoms with Gasteiger partial charge in [-0.3, -0.25) is 4.79 Å². The predicted molar refractivity (Wildman–Crippen MR) is 67.4 cm³/mol. The molecule has 0 spiro atoms. The molecule has 0 aromatic rings. The highest BCUT2D eigenvalue weighted by Crippen LogP contribution is 2.40. The Kier molecular flexibility index (Phi) is 5.81. The SMILES string of the molecule is CCCNCCNC(=O)C1(CC)CCCC1. The minimum absolute atomic E-state index is 0.0369. The second-order valence-corrected chi connectivity index (χ2v) is 4.85. The van der Waals surface area contributed by atoms with Crippen molar-refractivity contribution in [2.24, 2.45) is 5.41 Å². The lowest BCUT2D eigenvalue weighted by Crippen LogP contribution is -2.41. The van der Waals surface area contributed by atoms with Gasteiger partial charge in [0.15, 0.2) is 0 Å². The van der Waals surface area contributed by atoms with E-state index in [1.54, 1.807) is 0 Å². The highest BCUT2D eigenvalue weighted by Gasteiger charge is 2.38. The summed E-state index contributed by atoms with van der Waals surface area (Å²) in [6, 6.07) is 0. The molecule has 1 fully saturated rings. The summed E-state index contributed by atoms with van der Waals surface area (Å²) in [6.45, 7) is 6.98. The van der Waals surface area contributed by atoms with Crippen LogP contribution in [0.5, 0.6) is 0 Å². The van der Waals surface area contributed by atoms with Crippen molar-refractivity contribution < 1.29 is 4.79 Å². The fraction of sp³-hybridized carbons (Fsp3) is 0.923. The molecule has 0 bridgehead atoms. The molecule has 1 aliphatic rings. The molecule has 0 radical (unpaired) electrons. The van der Waals surface area contributed by atoms with Gasteiger partial charge in [-0.15, -0.1) is 0 Å². The third kappa shape index (κ3) is 3.48. The molecule has 0 atom stereocenters. The quantitative estimate of drug-likeness (QED) is 0.653. The second kappa shape index (κ2) is 6.89. The first-order valence-corrected chi connectivity index (χ1v) is 6.74. The molecule has 0 aliphatic heterocycles. The van der Waals surface area contributed by atoms with Crippen LogP contribution in [0.2, 0.25) is 0 Å². The van der Waals surface area contributed by atoms with Crippen molar-refractivity contribution in [1.82, 2.24) is 10.6 Å².